The van der Waals surface area contributed by atoms with Gasteiger partial charge < -0.3 is 4.57 Å². The lowest BCUT2D eigenvalue weighted by atomic mass is 9.89. The summed E-state index contributed by atoms with van der Waals surface area (Å²) in [4.78, 5) is 32.9. The molecule has 2 heterocycles. The second kappa shape index (κ2) is 6.31. The zero-order chi connectivity index (χ0) is 16.6. The number of rotatable bonds is 4. The van der Waals surface area contributed by atoms with Gasteiger partial charge in [-0.25, -0.2) is 9.78 Å². The van der Waals surface area contributed by atoms with Crippen LogP contribution in [0.4, 0.5) is 0 Å². The molecule has 0 aliphatic heterocycles. The van der Waals surface area contributed by atoms with Crippen LogP contribution in [0.25, 0.3) is 11.2 Å². The zero-order valence-electron chi connectivity index (χ0n) is 14.1. The lowest BCUT2D eigenvalue weighted by Crippen LogP contribution is -2.29. The molecule has 0 amide bonds. The van der Waals surface area contributed by atoms with Gasteiger partial charge in [-0.05, 0) is 25.8 Å². The summed E-state index contributed by atoms with van der Waals surface area (Å²) in [6.45, 7) is 1.73. The Kier molecular flexibility index (Phi) is 4.39. The first-order chi connectivity index (χ1) is 11.0. The van der Waals surface area contributed by atoms with E-state index in [1.165, 1.54) is 36.7 Å². The Labute approximate surface area is 134 Å². The molecule has 0 atom stereocenters. The van der Waals surface area contributed by atoms with Crippen LogP contribution in [-0.2, 0) is 20.6 Å². The van der Waals surface area contributed by atoms with E-state index in [9.17, 15) is 9.59 Å². The van der Waals surface area contributed by atoms with E-state index in [0.29, 0.717) is 17.7 Å². The molecule has 1 saturated carbocycles. The van der Waals surface area contributed by atoms with Gasteiger partial charge in [-0.1, -0.05) is 19.3 Å². The maximum atomic E-state index is 12.0. The summed E-state index contributed by atoms with van der Waals surface area (Å²) >= 11 is 0. The minimum Gasteiger partial charge on any atom is -0.324 e. The van der Waals surface area contributed by atoms with Crippen molar-refractivity contribution in [1.29, 1.82) is 0 Å². The van der Waals surface area contributed by atoms with E-state index >= 15 is 0 Å². The summed E-state index contributed by atoms with van der Waals surface area (Å²) in [6, 6.07) is 0. The lowest BCUT2D eigenvalue weighted by Gasteiger charge is -2.26. The van der Waals surface area contributed by atoms with Crippen molar-refractivity contribution in [3.05, 3.63) is 26.7 Å². The third-order valence-electron chi connectivity index (χ3n) is 4.93. The fraction of sp³-hybridized carbons (Fsp3) is 0.688. The van der Waals surface area contributed by atoms with Gasteiger partial charge in [0.1, 0.15) is 5.82 Å². The van der Waals surface area contributed by atoms with Crippen LogP contribution < -0.4 is 11.2 Å². The van der Waals surface area contributed by atoms with E-state index in [1.54, 1.807) is 11.6 Å². The highest BCUT2D eigenvalue weighted by Gasteiger charge is 2.19. The molecule has 7 heteroatoms. The quantitative estimate of drug-likeness (QED) is 0.911. The third-order valence-corrected chi connectivity index (χ3v) is 4.93. The van der Waals surface area contributed by atoms with Gasteiger partial charge in [0.15, 0.2) is 11.2 Å². The molecular formula is C16H25N5O2. The fourth-order valence-corrected chi connectivity index (χ4v) is 3.61. The van der Waals surface area contributed by atoms with Gasteiger partial charge >= 0.3 is 5.69 Å². The van der Waals surface area contributed by atoms with E-state index in [1.807, 2.05) is 7.05 Å². The predicted octanol–water partition coefficient (Wildman–Crippen LogP) is 0.972. The molecule has 1 aliphatic carbocycles. The van der Waals surface area contributed by atoms with Crippen molar-refractivity contribution < 1.29 is 0 Å². The summed E-state index contributed by atoms with van der Waals surface area (Å²) in [5.41, 5.74) is 0.0949. The second-order valence-corrected chi connectivity index (χ2v) is 6.78. The summed E-state index contributed by atoms with van der Waals surface area (Å²) < 4.78 is 3.19. The van der Waals surface area contributed by atoms with Crippen molar-refractivity contribution >= 4 is 11.2 Å². The Morgan fingerprint density at radius 2 is 1.87 bits per heavy atom. The number of fused-ring (bicyclic) bond motifs is 1. The maximum absolute atomic E-state index is 12.0. The first kappa shape index (κ1) is 16.0. The first-order valence-electron chi connectivity index (χ1n) is 8.30. The summed E-state index contributed by atoms with van der Waals surface area (Å²) in [5, 5.41) is 0. The molecule has 0 aromatic carbocycles. The molecule has 23 heavy (non-hydrogen) atoms. The Balaban J connectivity index is 1.84. The van der Waals surface area contributed by atoms with Crippen LogP contribution >= 0.6 is 0 Å². The molecule has 3 rings (SSSR count). The molecular weight excluding hydrogens is 294 g/mol. The molecule has 2 aromatic rings. The highest BCUT2D eigenvalue weighted by atomic mass is 16.2. The first-order valence-corrected chi connectivity index (χ1v) is 8.30. The monoisotopic (exact) mass is 319 g/mol. The number of hydrogen-bond acceptors (Lipinski definition) is 4. The number of H-pyrrole nitrogens is 1. The van der Waals surface area contributed by atoms with Crippen LogP contribution in [0.3, 0.4) is 0 Å². The van der Waals surface area contributed by atoms with Crippen LogP contribution in [0, 0.1) is 5.92 Å². The second-order valence-electron chi connectivity index (χ2n) is 6.78. The van der Waals surface area contributed by atoms with E-state index in [2.05, 4.69) is 21.9 Å². The summed E-state index contributed by atoms with van der Waals surface area (Å²) in [7, 11) is 5.55. The number of aromatic amines is 1. The number of aryl methyl sites for hydroxylation is 2. The average molecular weight is 319 g/mol. The van der Waals surface area contributed by atoms with E-state index < -0.39 is 5.69 Å². The summed E-state index contributed by atoms with van der Waals surface area (Å²) in [6.07, 6.45) is 6.65. The highest BCUT2D eigenvalue weighted by molar-refractivity contribution is 5.70. The smallest absolute Gasteiger partial charge is 0.324 e. The molecule has 0 bridgehead atoms. The van der Waals surface area contributed by atoms with Gasteiger partial charge in [0.25, 0.3) is 5.56 Å². The van der Waals surface area contributed by atoms with Crippen molar-refractivity contribution in [2.24, 2.45) is 20.0 Å². The van der Waals surface area contributed by atoms with Crippen molar-refractivity contribution in [3.63, 3.8) is 0 Å². The summed E-state index contributed by atoms with van der Waals surface area (Å²) in [5.74, 6) is 1.57. The number of aromatic nitrogens is 4. The molecule has 126 valence electrons. The lowest BCUT2D eigenvalue weighted by molar-refractivity contribution is 0.223. The van der Waals surface area contributed by atoms with E-state index in [-0.39, 0.29) is 5.56 Å². The number of nitrogens with one attached hydrogen (secondary N) is 1. The van der Waals surface area contributed by atoms with Crippen molar-refractivity contribution in [2.75, 3.05) is 13.6 Å². The SMILES string of the molecule is CN(Cc1nc2c(c(=O)[nH]c(=O)n2C)n1C)CC1CCCCC1. The fourth-order valence-electron chi connectivity index (χ4n) is 3.61. The van der Waals surface area contributed by atoms with Crippen LogP contribution in [-0.4, -0.2) is 37.6 Å². The van der Waals surface area contributed by atoms with Gasteiger partial charge in [0.05, 0.1) is 6.54 Å². The van der Waals surface area contributed by atoms with Gasteiger partial charge in [-0.2, -0.15) is 0 Å². The van der Waals surface area contributed by atoms with Gasteiger partial charge in [0.2, 0.25) is 0 Å². The van der Waals surface area contributed by atoms with Crippen molar-refractivity contribution in [3.8, 4) is 0 Å². The Morgan fingerprint density at radius 3 is 2.57 bits per heavy atom. The standard InChI is InChI=1S/C16H25N5O2/c1-19(9-11-7-5-4-6-8-11)10-12-17-14-13(20(12)2)15(22)18-16(23)21(14)3/h11H,4-10H2,1-3H3,(H,18,22,23). The van der Waals surface area contributed by atoms with Gasteiger partial charge in [0, 0.05) is 20.6 Å². The van der Waals surface area contributed by atoms with Crippen LogP contribution in [0.15, 0.2) is 9.59 Å². The van der Waals surface area contributed by atoms with E-state index in [0.717, 1.165) is 18.3 Å². The molecule has 0 saturated heterocycles. The molecule has 1 aliphatic rings. The number of nitrogens with zero attached hydrogens (tertiary/aromatic N) is 4. The van der Waals surface area contributed by atoms with Crippen LogP contribution in [0.1, 0.15) is 37.9 Å². The average Bonchev–Trinajstić information content (AvgIpc) is 2.83. The molecule has 0 unspecified atom stereocenters. The van der Waals surface area contributed by atoms with Crippen molar-refractivity contribution in [2.45, 2.75) is 38.6 Å². The topological polar surface area (TPSA) is 75.9 Å². The third kappa shape index (κ3) is 3.10. The van der Waals surface area contributed by atoms with Crippen LogP contribution in [0.5, 0.6) is 0 Å². The number of imidazole rings is 1. The Morgan fingerprint density at radius 1 is 1.17 bits per heavy atom. The molecule has 0 radical (unpaired) electrons. The van der Waals surface area contributed by atoms with E-state index in [4.69, 9.17) is 0 Å². The number of hydrogen-bond donors (Lipinski definition) is 1. The Hall–Kier alpha value is -1.89. The highest BCUT2D eigenvalue weighted by Crippen LogP contribution is 2.24. The van der Waals surface area contributed by atoms with Gasteiger partial charge in [-0.15, -0.1) is 0 Å². The molecule has 1 fully saturated rings. The maximum Gasteiger partial charge on any atom is 0.329 e. The van der Waals surface area contributed by atoms with Crippen LogP contribution in [0.2, 0.25) is 0 Å². The Bertz CT molecular complexity index is 810. The van der Waals surface area contributed by atoms with Gasteiger partial charge in [-0.3, -0.25) is 19.2 Å². The molecule has 0 spiro atoms. The zero-order valence-corrected chi connectivity index (χ0v) is 14.1. The predicted molar refractivity (Wildman–Crippen MR) is 89.5 cm³/mol. The van der Waals surface area contributed by atoms with Crippen molar-refractivity contribution in [1.82, 2.24) is 24.0 Å². The largest absolute Gasteiger partial charge is 0.329 e. The minimum atomic E-state index is -0.428. The molecule has 7 nitrogen and oxygen atoms in total. The molecule has 1 N–H and O–H groups in total. The normalized spacial score (nSPS) is 16.5. The molecule has 2 aromatic heterocycles. The minimum absolute atomic E-state index is 0.376.